The number of hydrogen-bond acceptors (Lipinski definition) is 10. The Bertz CT molecular complexity index is 3280. The summed E-state index contributed by atoms with van der Waals surface area (Å²) in [5.41, 5.74) is 14.2. The summed E-state index contributed by atoms with van der Waals surface area (Å²) in [6, 6.07) is 46.5. The molecule has 6 N–H and O–H groups in total. The molecule has 1 heterocycles. The first kappa shape index (κ1) is 67.5. The summed E-state index contributed by atoms with van der Waals surface area (Å²) in [6.07, 6.45) is -0.624. The van der Waals surface area contributed by atoms with Crippen molar-refractivity contribution in [2.24, 2.45) is 17.6 Å². The molecular weight excluding hydrogens is 1040 g/mol. The Hall–Kier alpha value is -8.73. The molecule has 0 radical (unpaired) electrons. The monoisotopic (exact) mass is 1120 g/mol. The molecule has 436 valence electrons. The van der Waals surface area contributed by atoms with E-state index >= 15 is 0 Å². The lowest BCUT2D eigenvalue weighted by atomic mass is 9.95. The first-order chi connectivity index (χ1) is 38.6. The number of aliphatic carboxylic acids is 1. The Morgan fingerprint density at radius 2 is 1.06 bits per heavy atom. The van der Waals surface area contributed by atoms with Gasteiger partial charge in [0, 0.05) is 59.3 Å². The number of nitrogens with one attached hydrogen (secondary N) is 3. The first-order valence-electron chi connectivity index (χ1n) is 27.0. The highest BCUT2D eigenvalue weighted by Gasteiger charge is 2.24. The molecule has 7 aromatic rings. The number of hydroxylamine groups is 2. The molecule has 0 saturated heterocycles. The Morgan fingerprint density at radius 1 is 0.622 bits per heavy atom. The molecular formula is C66H82N6O10. The molecule has 2 atom stereocenters. The minimum Gasteiger partial charge on any atom is -0.481 e. The molecule has 0 aliphatic heterocycles. The van der Waals surface area contributed by atoms with Crippen molar-refractivity contribution in [3.05, 3.63) is 207 Å². The lowest BCUT2D eigenvalue weighted by molar-refractivity contribution is -0.172. The topological polar surface area (TPSA) is 228 Å². The van der Waals surface area contributed by atoms with Crippen molar-refractivity contribution in [3.8, 4) is 5.69 Å². The van der Waals surface area contributed by atoms with Crippen molar-refractivity contribution in [2.45, 2.75) is 114 Å². The highest BCUT2D eigenvalue weighted by Crippen LogP contribution is 2.23. The number of aryl methyl sites for hydroxylation is 4. The fourth-order valence-corrected chi connectivity index (χ4v) is 7.90. The number of fused-ring (bicyclic) bond motifs is 1. The smallest absolute Gasteiger partial charge is 0.408 e. The minimum absolute atomic E-state index is 0.00231. The number of pyridine rings is 1. The SMILES string of the molecule is CC(C)C(=O)O.CON(C)C(=O)C(C)C.Cc1cccc(C)c1C(=O)Nc1ccccc1.Cc1cccc(CC(=O)C(C)NC(=O)OC(C)(C)C)c1C(=O)Nc1ccccc1.Cc1cccc2cc([C@H](C)N)n(-c3ccccc3)c(=O)c12. The number of carbonyl (C=O) groups is 6. The van der Waals surface area contributed by atoms with E-state index in [4.69, 9.17) is 15.6 Å². The van der Waals surface area contributed by atoms with Gasteiger partial charge in [0.2, 0.25) is 5.91 Å². The summed E-state index contributed by atoms with van der Waals surface area (Å²) >= 11 is 0. The van der Waals surface area contributed by atoms with Gasteiger partial charge >= 0.3 is 12.1 Å². The Balaban J connectivity index is 0.000000293. The average molecular weight is 1120 g/mol. The second-order valence-corrected chi connectivity index (χ2v) is 21.1. The van der Waals surface area contributed by atoms with E-state index in [1.54, 1.807) is 71.4 Å². The van der Waals surface area contributed by atoms with Crippen LogP contribution in [-0.2, 0) is 30.4 Å². The fraction of sp³-hybridized carbons (Fsp3) is 0.318. The van der Waals surface area contributed by atoms with Crippen LogP contribution in [0.1, 0.15) is 123 Å². The number of benzene rings is 6. The van der Waals surface area contributed by atoms with Crippen LogP contribution in [0.5, 0.6) is 0 Å². The molecule has 0 aliphatic carbocycles. The molecule has 0 aliphatic rings. The quantitative estimate of drug-likeness (QED) is 0.0682. The van der Waals surface area contributed by atoms with Gasteiger partial charge < -0.3 is 31.5 Å². The lowest BCUT2D eigenvalue weighted by Gasteiger charge is -2.21. The third kappa shape index (κ3) is 21.4. The number of amides is 4. The number of carboxylic acids is 1. The Labute approximate surface area is 483 Å². The summed E-state index contributed by atoms with van der Waals surface area (Å²) in [5.74, 6) is -1.50. The minimum atomic E-state index is -0.741. The number of para-hydroxylation sites is 3. The number of nitrogens with two attached hydrogens (primary N) is 1. The van der Waals surface area contributed by atoms with Crippen molar-refractivity contribution in [1.82, 2.24) is 14.9 Å². The highest BCUT2D eigenvalue weighted by atomic mass is 16.7. The predicted octanol–water partition coefficient (Wildman–Crippen LogP) is 12.5. The molecule has 16 nitrogen and oxygen atoms in total. The molecule has 16 heteroatoms. The zero-order chi connectivity index (χ0) is 61.4. The Morgan fingerprint density at radius 3 is 1.50 bits per heavy atom. The number of alkyl carbamates (subject to hydrolysis) is 1. The van der Waals surface area contributed by atoms with Gasteiger partial charge in [0.25, 0.3) is 17.4 Å². The zero-order valence-electron chi connectivity index (χ0n) is 50.0. The maximum Gasteiger partial charge on any atom is 0.408 e. The molecule has 82 heavy (non-hydrogen) atoms. The maximum atomic E-state index is 13.0. The molecule has 1 unspecified atom stereocenters. The van der Waals surface area contributed by atoms with E-state index in [1.165, 1.54) is 12.2 Å². The Kier molecular flexibility index (Phi) is 26.8. The van der Waals surface area contributed by atoms with E-state index < -0.39 is 23.7 Å². The normalized spacial score (nSPS) is 11.3. The second kappa shape index (κ2) is 32.5. The van der Waals surface area contributed by atoms with Gasteiger partial charge in [-0.2, -0.15) is 0 Å². The van der Waals surface area contributed by atoms with Crippen molar-refractivity contribution < 1.29 is 43.4 Å². The summed E-state index contributed by atoms with van der Waals surface area (Å²) < 4.78 is 6.91. The van der Waals surface area contributed by atoms with Crippen LogP contribution >= 0.6 is 0 Å². The zero-order valence-corrected chi connectivity index (χ0v) is 50.0. The van der Waals surface area contributed by atoms with Gasteiger partial charge in [-0.25, -0.2) is 9.86 Å². The molecule has 4 amide bonds. The van der Waals surface area contributed by atoms with Gasteiger partial charge in [0.1, 0.15) is 5.60 Å². The average Bonchev–Trinajstić information content (AvgIpc) is 3.12. The van der Waals surface area contributed by atoms with Crippen LogP contribution in [0, 0.1) is 39.5 Å². The number of hydrogen-bond donors (Lipinski definition) is 5. The van der Waals surface area contributed by atoms with Crippen LogP contribution in [0.2, 0.25) is 0 Å². The van der Waals surface area contributed by atoms with E-state index in [0.29, 0.717) is 16.8 Å². The summed E-state index contributed by atoms with van der Waals surface area (Å²) in [5, 5.41) is 19.2. The van der Waals surface area contributed by atoms with E-state index in [0.717, 1.165) is 55.7 Å². The van der Waals surface area contributed by atoms with Crippen LogP contribution in [-0.4, -0.2) is 76.1 Å². The van der Waals surface area contributed by atoms with Crippen LogP contribution < -0.4 is 27.2 Å². The van der Waals surface area contributed by atoms with E-state index in [1.807, 2.05) is 182 Å². The number of anilines is 2. The number of nitrogens with zero attached hydrogens (tertiary/aromatic N) is 2. The van der Waals surface area contributed by atoms with Gasteiger partial charge in [-0.05, 0) is 138 Å². The summed E-state index contributed by atoms with van der Waals surface area (Å²) in [6.45, 7) is 23.4. The number of ketones is 1. The van der Waals surface area contributed by atoms with Gasteiger partial charge in [-0.15, -0.1) is 0 Å². The van der Waals surface area contributed by atoms with Crippen LogP contribution in [0.3, 0.4) is 0 Å². The maximum absolute atomic E-state index is 13.0. The number of rotatable bonds is 13. The van der Waals surface area contributed by atoms with Crippen molar-refractivity contribution in [3.63, 3.8) is 0 Å². The number of ether oxygens (including phenoxy) is 1. The third-order valence-electron chi connectivity index (χ3n) is 12.3. The van der Waals surface area contributed by atoms with E-state index in [-0.39, 0.29) is 53.4 Å². The predicted molar refractivity (Wildman–Crippen MR) is 327 cm³/mol. The van der Waals surface area contributed by atoms with Gasteiger partial charge in [-0.1, -0.05) is 137 Å². The molecule has 0 saturated carbocycles. The number of carboxylic acid groups (broad SMARTS) is 1. The highest BCUT2D eigenvalue weighted by molar-refractivity contribution is 6.07. The third-order valence-corrected chi connectivity index (χ3v) is 12.3. The van der Waals surface area contributed by atoms with Crippen molar-refractivity contribution >= 4 is 57.7 Å². The van der Waals surface area contributed by atoms with Gasteiger partial charge in [-0.3, -0.25) is 38.2 Å². The molecule has 0 spiro atoms. The largest absolute Gasteiger partial charge is 0.481 e. The fourth-order valence-electron chi connectivity index (χ4n) is 7.90. The first-order valence-corrected chi connectivity index (χ1v) is 27.0. The molecule has 0 bridgehead atoms. The van der Waals surface area contributed by atoms with E-state index in [9.17, 15) is 33.6 Å². The van der Waals surface area contributed by atoms with Crippen LogP contribution in [0.15, 0.2) is 156 Å². The molecule has 0 fully saturated rings. The van der Waals surface area contributed by atoms with Crippen molar-refractivity contribution in [2.75, 3.05) is 24.8 Å². The lowest BCUT2D eigenvalue weighted by Crippen LogP contribution is -2.42. The molecule has 6 aromatic carbocycles. The van der Waals surface area contributed by atoms with Gasteiger partial charge in [0.05, 0.1) is 24.5 Å². The number of aromatic nitrogens is 1. The van der Waals surface area contributed by atoms with Crippen LogP contribution in [0.25, 0.3) is 16.5 Å². The summed E-state index contributed by atoms with van der Waals surface area (Å²) in [7, 11) is 3.07. The molecule has 7 rings (SSSR count). The second-order valence-electron chi connectivity index (χ2n) is 21.1. The number of Topliss-reactive ketones (excluding diaryl/α,β-unsaturated/α-hetero) is 1. The van der Waals surface area contributed by atoms with E-state index in [2.05, 4.69) is 20.8 Å². The van der Waals surface area contributed by atoms with Gasteiger partial charge in [0.15, 0.2) is 5.78 Å². The summed E-state index contributed by atoms with van der Waals surface area (Å²) in [4.78, 5) is 87.8. The standard InChI is InChI=1S/C23H28N2O4.C18H18N2O.C15H15NO.C6H13NO2.C4H8O2/c1-15-10-9-11-17(20(15)21(27)25-18-12-7-6-8-13-18)14-19(26)16(2)24-22(28)29-23(3,4)5;1-12-7-6-8-14-11-16(13(2)19)20(18(21)17(12)14)15-9-4-3-5-10-15;1-11-7-6-8-12(2)14(11)15(17)16-13-9-4-3-5-10-13;1-5(2)6(8)7(3)9-4;1-3(2)4(5)6/h6-13,16H,14H2,1-5H3,(H,24,28)(H,25,27);3-11,13H,19H2,1-2H3;3-10H,1-2H3,(H,16,17);5H,1-4H3;3H,1-2H3,(H,5,6)/t;13-;;;/m.0.../s1. The molecule has 1 aromatic heterocycles. The number of carbonyl (C=O) groups excluding carboxylic acids is 5. The van der Waals surface area contributed by atoms with Crippen LogP contribution in [0.4, 0.5) is 16.2 Å². The van der Waals surface area contributed by atoms with Crippen molar-refractivity contribution in [1.29, 1.82) is 0 Å².